The van der Waals surface area contributed by atoms with Gasteiger partial charge in [0.2, 0.25) is 0 Å². The molecule has 0 aliphatic rings. The van der Waals surface area contributed by atoms with E-state index in [1.54, 1.807) is 0 Å². The Bertz CT molecular complexity index is 401. The molecule has 8 heteroatoms. The summed E-state index contributed by atoms with van der Waals surface area (Å²) >= 11 is 1.30. The van der Waals surface area contributed by atoms with E-state index in [9.17, 15) is 13.2 Å². The second-order valence-electron chi connectivity index (χ2n) is 5.48. The molecule has 0 fully saturated rings. The first-order valence-corrected chi connectivity index (χ1v) is 7.18. The second-order valence-corrected chi connectivity index (χ2v) is 6.62. The van der Waals surface area contributed by atoms with Gasteiger partial charge in [-0.05, 0) is 33.7 Å². The average molecular weight is 311 g/mol. The van der Waals surface area contributed by atoms with Crippen LogP contribution in [0.5, 0.6) is 0 Å². The standard InChI is InChI=1S/C12H20F3N3OS/c1-11(2,3)16-6-4-5-9-17-18-10(20-9)7-19-8-12(13,14)15/h16H,4-8H2,1-3H3. The molecule has 1 heterocycles. The number of halogens is 3. The highest BCUT2D eigenvalue weighted by Gasteiger charge is 2.27. The number of rotatable bonds is 7. The van der Waals surface area contributed by atoms with Crippen LogP contribution in [-0.2, 0) is 17.8 Å². The molecule has 1 aromatic heterocycles. The van der Waals surface area contributed by atoms with Crippen LogP contribution in [0.2, 0.25) is 0 Å². The third kappa shape index (κ3) is 8.44. The number of ether oxygens (including phenoxy) is 1. The van der Waals surface area contributed by atoms with E-state index < -0.39 is 12.8 Å². The zero-order valence-electron chi connectivity index (χ0n) is 11.9. The first kappa shape index (κ1) is 17.3. The van der Waals surface area contributed by atoms with Gasteiger partial charge in [0.1, 0.15) is 23.2 Å². The number of hydrogen-bond donors (Lipinski definition) is 1. The zero-order valence-corrected chi connectivity index (χ0v) is 12.7. The fraction of sp³-hybridized carbons (Fsp3) is 0.833. The summed E-state index contributed by atoms with van der Waals surface area (Å²) in [7, 11) is 0. The number of nitrogens with one attached hydrogen (secondary N) is 1. The van der Waals surface area contributed by atoms with Crippen LogP contribution in [0.3, 0.4) is 0 Å². The van der Waals surface area contributed by atoms with Gasteiger partial charge in [-0.3, -0.25) is 0 Å². The molecule has 0 amide bonds. The minimum absolute atomic E-state index is 0.0811. The van der Waals surface area contributed by atoms with Crippen molar-refractivity contribution >= 4 is 11.3 Å². The van der Waals surface area contributed by atoms with Crippen LogP contribution in [0.4, 0.5) is 13.2 Å². The van der Waals surface area contributed by atoms with Crippen molar-refractivity contribution in [3.8, 4) is 0 Å². The lowest BCUT2D eigenvalue weighted by atomic mass is 10.1. The van der Waals surface area contributed by atoms with Gasteiger partial charge in [0.25, 0.3) is 0 Å². The van der Waals surface area contributed by atoms with Crippen molar-refractivity contribution in [3.05, 3.63) is 10.0 Å². The Labute approximate surface area is 120 Å². The van der Waals surface area contributed by atoms with Gasteiger partial charge >= 0.3 is 6.18 Å². The lowest BCUT2D eigenvalue weighted by Crippen LogP contribution is -2.36. The summed E-state index contributed by atoms with van der Waals surface area (Å²) in [6, 6.07) is 0. The van der Waals surface area contributed by atoms with Crippen LogP contribution in [0.1, 0.15) is 37.2 Å². The second kappa shape index (κ2) is 7.33. The normalized spacial score (nSPS) is 12.9. The van der Waals surface area contributed by atoms with Crippen LogP contribution in [0.15, 0.2) is 0 Å². The zero-order chi connectivity index (χ0) is 15.2. The van der Waals surface area contributed by atoms with E-state index in [1.807, 2.05) is 0 Å². The van der Waals surface area contributed by atoms with Crippen molar-refractivity contribution in [1.82, 2.24) is 15.5 Å². The molecule has 0 saturated heterocycles. The monoisotopic (exact) mass is 311 g/mol. The van der Waals surface area contributed by atoms with E-state index in [0.717, 1.165) is 24.4 Å². The highest BCUT2D eigenvalue weighted by molar-refractivity contribution is 7.11. The fourth-order valence-corrected chi connectivity index (χ4v) is 2.23. The highest BCUT2D eigenvalue weighted by atomic mass is 32.1. The predicted octanol–water partition coefficient (Wildman–Crippen LogP) is 2.94. The topological polar surface area (TPSA) is 47.0 Å². The number of aryl methyl sites for hydroxylation is 1. The Balaban J connectivity index is 2.22. The largest absolute Gasteiger partial charge is 0.411 e. The molecule has 4 nitrogen and oxygen atoms in total. The van der Waals surface area contributed by atoms with Gasteiger partial charge in [0, 0.05) is 12.0 Å². The Hall–Kier alpha value is -0.730. The Morgan fingerprint density at radius 3 is 2.40 bits per heavy atom. The fourth-order valence-electron chi connectivity index (χ4n) is 1.40. The van der Waals surface area contributed by atoms with Crippen molar-refractivity contribution in [2.24, 2.45) is 0 Å². The predicted molar refractivity (Wildman–Crippen MR) is 71.7 cm³/mol. The molecule has 1 aromatic rings. The Kier molecular flexibility index (Phi) is 6.35. The van der Waals surface area contributed by atoms with Crippen molar-refractivity contribution in [2.45, 2.75) is 51.9 Å². The smallest absolute Gasteiger partial charge is 0.365 e. The first-order chi connectivity index (χ1) is 9.16. The summed E-state index contributed by atoms with van der Waals surface area (Å²) in [5, 5.41) is 12.4. The van der Waals surface area contributed by atoms with Crippen molar-refractivity contribution in [1.29, 1.82) is 0 Å². The molecule has 0 aliphatic carbocycles. The molecule has 0 radical (unpaired) electrons. The van der Waals surface area contributed by atoms with E-state index in [-0.39, 0.29) is 12.1 Å². The summed E-state index contributed by atoms with van der Waals surface area (Å²) in [5.74, 6) is 0. The molecule has 20 heavy (non-hydrogen) atoms. The summed E-state index contributed by atoms with van der Waals surface area (Å²) in [4.78, 5) is 0. The number of hydrogen-bond acceptors (Lipinski definition) is 5. The first-order valence-electron chi connectivity index (χ1n) is 6.36. The van der Waals surface area contributed by atoms with Crippen molar-refractivity contribution < 1.29 is 17.9 Å². The van der Waals surface area contributed by atoms with Gasteiger partial charge in [-0.15, -0.1) is 10.2 Å². The average Bonchev–Trinajstić information content (AvgIpc) is 2.69. The summed E-state index contributed by atoms with van der Waals surface area (Å²) in [6.45, 7) is 5.74. The molecule has 0 unspecified atom stereocenters. The molecule has 116 valence electrons. The van der Waals surface area contributed by atoms with Crippen LogP contribution in [-0.4, -0.2) is 35.1 Å². The van der Waals surface area contributed by atoms with E-state index in [1.165, 1.54) is 11.3 Å². The minimum atomic E-state index is -4.30. The Morgan fingerprint density at radius 1 is 1.15 bits per heavy atom. The van der Waals surface area contributed by atoms with Crippen molar-refractivity contribution in [2.75, 3.05) is 13.2 Å². The quantitative estimate of drug-likeness (QED) is 0.787. The molecular weight excluding hydrogens is 291 g/mol. The summed E-state index contributed by atoms with van der Waals surface area (Å²) in [6.07, 6.45) is -2.62. The van der Waals surface area contributed by atoms with Gasteiger partial charge in [-0.1, -0.05) is 11.3 Å². The number of alkyl halides is 3. The molecule has 0 bridgehead atoms. The molecule has 1 N–H and O–H groups in total. The number of nitrogens with zero attached hydrogens (tertiary/aromatic N) is 2. The summed E-state index contributed by atoms with van der Waals surface area (Å²) < 4.78 is 40.2. The van der Waals surface area contributed by atoms with Crippen molar-refractivity contribution in [3.63, 3.8) is 0 Å². The highest BCUT2D eigenvalue weighted by Crippen LogP contribution is 2.17. The van der Waals surface area contributed by atoms with Gasteiger partial charge in [-0.2, -0.15) is 13.2 Å². The molecule has 1 rings (SSSR count). The summed E-state index contributed by atoms with van der Waals surface area (Å²) in [5.41, 5.74) is 0.0811. The number of aromatic nitrogens is 2. The van der Waals surface area contributed by atoms with Crippen LogP contribution in [0, 0.1) is 0 Å². The van der Waals surface area contributed by atoms with Gasteiger partial charge in [-0.25, -0.2) is 0 Å². The Morgan fingerprint density at radius 2 is 1.80 bits per heavy atom. The van der Waals surface area contributed by atoms with Gasteiger partial charge < -0.3 is 10.1 Å². The minimum Gasteiger partial charge on any atom is -0.365 e. The van der Waals surface area contributed by atoms with E-state index >= 15 is 0 Å². The van der Waals surface area contributed by atoms with Gasteiger partial charge in [0.15, 0.2) is 0 Å². The maximum absolute atomic E-state index is 11.9. The third-order valence-corrected chi connectivity index (χ3v) is 3.18. The molecule has 0 spiro atoms. The molecule has 0 atom stereocenters. The molecular formula is C12H20F3N3OS. The maximum Gasteiger partial charge on any atom is 0.411 e. The lowest BCUT2D eigenvalue weighted by Gasteiger charge is -2.20. The van der Waals surface area contributed by atoms with E-state index in [0.29, 0.717) is 5.01 Å². The van der Waals surface area contributed by atoms with E-state index in [4.69, 9.17) is 0 Å². The third-order valence-electron chi connectivity index (χ3n) is 2.22. The van der Waals surface area contributed by atoms with E-state index in [2.05, 4.69) is 41.0 Å². The van der Waals surface area contributed by atoms with Crippen LogP contribution < -0.4 is 5.32 Å². The van der Waals surface area contributed by atoms with Crippen LogP contribution >= 0.6 is 11.3 Å². The van der Waals surface area contributed by atoms with Crippen LogP contribution in [0.25, 0.3) is 0 Å². The SMILES string of the molecule is CC(C)(C)NCCCc1nnc(COCC(F)(F)F)s1. The molecule has 0 aliphatic heterocycles. The molecule has 0 saturated carbocycles. The maximum atomic E-state index is 11.9. The molecule has 0 aromatic carbocycles. The lowest BCUT2D eigenvalue weighted by molar-refractivity contribution is -0.176. The van der Waals surface area contributed by atoms with Gasteiger partial charge in [0.05, 0.1) is 0 Å².